The monoisotopic (exact) mass is 272 g/mol. The molecule has 0 aliphatic heterocycles. The van der Waals surface area contributed by atoms with E-state index in [0.717, 1.165) is 6.26 Å². The van der Waals surface area contributed by atoms with E-state index in [2.05, 4.69) is 10.0 Å². The van der Waals surface area contributed by atoms with Gasteiger partial charge in [-0.05, 0) is 13.0 Å². The highest BCUT2D eigenvalue weighted by Crippen LogP contribution is 1.92. The molecule has 0 saturated heterocycles. The predicted molar refractivity (Wildman–Crippen MR) is 64.4 cm³/mol. The van der Waals surface area contributed by atoms with Gasteiger partial charge in [0.1, 0.15) is 0 Å². The average Bonchev–Trinajstić information content (AvgIpc) is 1.97. The summed E-state index contributed by atoms with van der Waals surface area (Å²) in [7, 11) is -7.21. The fourth-order valence-electron chi connectivity index (χ4n) is 1.03. The van der Waals surface area contributed by atoms with Crippen molar-refractivity contribution in [1.82, 2.24) is 10.0 Å². The third kappa shape index (κ3) is 10.3. The van der Waals surface area contributed by atoms with Gasteiger partial charge in [-0.3, -0.25) is 0 Å². The lowest BCUT2D eigenvalue weighted by molar-refractivity contribution is 0.555. The van der Waals surface area contributed by atoms with Gasteiger partial charge in [0.15, 0.2) is 14.9 Å². The van der Waals surface area contributed by atoms with E-state index < -0.39 is 24.9 Å². The molecule has 98 valence electrons. The summed E-state index contributed by atoms with van der Waals surface area (Å²) < 4.78 is 46.3. The van der Waals surface area contributed by atoms with E-state index in [4.69, 9.17) is 0 Å². The van der Waals surface area contributed by atoms with Crippen molar-refractivity contribution in [3.63, 3.8) is 0 Å². The Labute approximate surface area is 97.8 Å². The van der Waals surface area contributed by atoms with Crippen molar-refractivity contribution in [2.24, 2.45) is 0 Å². The van der Waals surface area contributed by atoms with Crippen LogP contribution in [0, 0.1) is 0 Å². The van der Waals surface area contributed by atoms with E-state index in [-0.39, 0.29) is 6.54 Å². The summed E-state index contributed by atoms with van der Waals surface area (Å²) >= 11 is 0. The molecule has 0 aromatic heterocycles. The second-order valence-corrected chi connectivity index (χ2v) is 8.33. The molecule has 2 N–H and O–H groups in total. The summed E-state index contributed by atoms with van der Waals surface area (Å²) in [5, 5.41) is 2.28. The van der Waals surface area contributed by atoms with Crippen molar-refractivity contribution < 1.29 is 16.8 Å². The number of sulfone groups is 1. The molecule has 0 atom stereocenters. The second-order valence-electron chi connectivity index (χ2n) is 4.02. The minimum absolute atomic E-state index is 0.248. The maximum absolute atomic E-state index is 11.2. The molecule has 0 spiro atoms. The number of nitrogens with one attached hydrogen (secondary N) is 2. The first-order valence-electron chi connectivity index (χ1n) is 5.01. The molecule has 0 bridgehead atoms. The summed E-state index contributed by atoms with van der Waals surface area (Å²) in [6, 6.07) is 0.354. The smallest absolute Gasteiger partial charge is 0.226 e. The van der Waals surface area contributed by atoms with Crippen LogP contribution in [0.3, 0.4) is 0 Å². The first kappa shape index (κ1) is 15.8. The van der Waals surface area contributed by atoms with Crippen LogP contribution in [0.2, 0.25) is 0 Å². The molecule has 0 amide bonds. The second kappa shape index (κ2) is 6.53. The van der Waals surface area contributed by atoms with Crippen molar-refractivity contribution >= 4 is 19.9 Å². The lowest BCUT2D eigenvalue weighted by Gasteiger charge is -2.08. The predicted octanol–water partition coefficient (Wildman–Crippen LogP) is -0.704. The van der Waals surface area contributed by atoms with Gasteiger partial charge in [0.2, 0.25) is 10.0 Å². The Kier molecular flexibility index (Phi) is 6.46. The van der Waals surface area contributed by atoms with Crippen LogP contribution in [0.4, 0.5) is 0 Å². The molecule has 6 nitrogen and oxygen atoms in total. The molecule has 0 aliphatic rings. The zero-order chi connectivity index (χ0) is 12.8. The van der Waals surface area contributed by atoms with Crippen LogP contribution in [0.25, 0.3) is 0 Å². The van der Waals surface area contributed by atoms with Crippen LogP contribution >= 0.6 is 0 Å². The van der Waals surface area contributed by atoms with Crippen LogP contribution in [0.15, 0.2) is 0 Å². The van der Waals surface area contributed by atoms with E-state index in [1.807, 2.05) is 13.8 Å². The third-order valence-electron chi connectivity index (χ3n) is 1.60. The molecule has 0 saturated carbocycles. The molecule has 0 fully saturated rings. The Bertz CT molecular complexity index is 386. The van der Waals surface area contributed by atoms with Gasteiger partial charge in [-0.15, -0.1) is 0 Å². The van der Waals surface area contributed by atoms with Crippen LogP contribution < -0.4 is 10.0 Å². The van der Waals surface area contributed by atoms with Crippen molar-refractivity contribution in [3.05, 3.63) is 0 Å². The molecule has 0 unspecified atom stereocenters. The molecule has 8 heteroatoms. The Morgan fingerprint density at radius 3 is 2.06 bits per heavy atom. The van der Waals surface area contributed by atoms with Crippen LogP contribution in [0.1, 0.15) is 20.3 Å². The van der Waals surface area contributed by atoms with Crippen LogP contribution in [-0.4, -0.2) is 47.3 Å². The average molecular weight is 272 g/mol. The fraction of sp³-hybridized carbons (Fsp3) is 1.00. The zero-order valence-electron chi connectivity index (χ0n) is 9.86. The van der Waals surface area contributed by atoms with E-state index >= 15 is 0 Å². The summed E-state index contributed by atoms with van der Waals surface area (Å²) in [5.74, 6) is 0. The minimum atomic E-state index is -3.71. The van der Waals surface area contributed by atoms with Gasteiger partial charge in [-0.1, -0.05) is 13.8 Å². The van der Waals surface area contributed by atoms with Gasteiger partial charge in [0.25, 0.3) is 0 Å². The topological polar surface area (TPSA) is 92.3 Å². The molecule has 16 heavy (non-hydrogen) atoms. The van der Waals surface area contributed by atoms with Crippen molar-refractivity contribution in [1.29, 1.82) is 0 Å². The van der Waals surface area contributed by atoms with Gasteiger partial charge >= 0.3 is 0 Å². The highest BCUT2D eigenvalue weighted by molar-refractivity contribution is 8.06. The van der Waals surface area contributed by atoms with Crippen molar-refractivity contribution in [2.45, 2.75) is 26.3 Å². The van der Waals surface area contributed by atoms with E-state index in [9.17, 15) is 16.8 Å². The third-order valence-corrected chi connectivity index (χ3v) is 5.20. The minimum Gasteiger partial charge on any atom is -0.314 e. The van der Waals surface area contributed by atoms with E-state index in [1.54, 1.807) is 0 Å². The summed E-state index contributed by atoms with van der Waals surface area (Å²) in [5.41, 5.74) is 0. The quantitative estimate of drug-likeness (QED) is 0.570. The summed E-state index contributed by atoms with van der Waals surface area (Å²) in [6.45, 7) is 4.93. The number of hydrogen-bond donors (Lipinski definition) is 2. The lowest BCUT2D eigenvalue weighted by Crippen LogP contribution is -2.32. The van der Waals surface area contributed by atoms with E-state index in [1.165, 1.54) is 0 Å². The molecule has 0 aliphatic carbocycles. The molecule has 0 aromatic carbocycles. The molecular weight excluding hydrogens is 252 g/mol. The van der Waals surface area contributed by atoms with Crippen molar-refractivity contribution in [2.75, 3.05) is 24.4 Å². The number of hydrogen-bond acceptors (Lipinski definition) is 5. The van der Waals surface area contributed by atoms with Gasteiger partial charge in [-0.25, -0.2) is 21.6 Å². The summed E-state index contributed by atoms with van der Waals surface area (Å²) in [4.78, 5) is 0. The van der Waals surface area contributed by atoms with E-state index in [0.29, 0.717) is 19.0 Å². The maximum atomic E-state index is 11.2. The number of sulfonamides is 1. The number of rotatable bonds is 8. The van der Waals surface area contributed by atoms with Gasteiger partial charge in [-0.2, -0.15) is 0 Å². The Morgan fingerprint density at radius 2 is 1.62 bits per heavy atom. The highest BCUT2D eigenvalue weighted by atomic mass is 32.3. The zero-order valence-corrected chi connectivity index (χ0v) is 11.5. The molecule has 0 aromatic rings. The molecule has 0 heterocycles. The largest absolute Gasteiger partial charge is 0.314 e. The van der Waals surface area contributed by atoms with Gasteiger partial charge < -0.3 is 5.32 Å². The molecular formula is C8H20N2O4S2. The molecule has 0 rings (SSSR count). The van der Waals surface area contributed by atoms with Crippen LogP contribution in [-0.2, 0) is 19.9 Å². The molecule has 0 radical (unpaired) electrons. The van der Waals surface area contributed by atoms with Crippen molar-refractivity contribution in [3.8, 4) is 0 Å². The fourth-order valence-corrected chi connectivity index (χ4v) is 4.07. The van der Waals surface area contributed by atoms with Gasteiger partial charge in [0.05, 0.1) is 0 Å². The summed E-state index contributed by atoms with van der Waals surface area (Å²) in [6.07, 6.45) is 1.52. The normalized spacial score (nSPS) is 13.2. The Morgan fingerprint density at radius 1 is 1.06 bits per heavy atom. The SMILES string of the molecule is CC(C)NCCCNS(=O)(=O)CS(C)(=O)=O. The lowest BCUT2D eigenvalue weighted by atomic mass is 10.3. The van der Waals surface area contributed by atoms with Gasteiger partial charge in [0, 0.05) is 18.8 Å². The first-order valence-corrected chi connectivity index (χ1v) is 8.72. The maximum Gasteiger partial charge on any atom is 0.226 e. The first-order chi connectivity index (χ1) is 7.12. The standard InChI is InChI=1S/C8H20N2O4S2/c1-8(2)9-5-4-6-10-16(13,14)7-15(3,11)12/h8-10H,4-7H2,1-3H3. The Balaban J connectivity index is 3.85. The van der Waals surface area contributed by atoms with Crippen LogP contribution in [0.5, 0.6) is 0 Å². The highest BCUT2D eigenvalue weighted by Gasteiger charge is 2.16. The Hall–Kier alpha value is -0.180.